The van der Waals surface area contributed by atoms with Crippen molar-refractivity contribution in [2.24, 2.45) is 5.92 Å². The van der Waals surface area contributed by atoms with Gasteiger partial charge >= 0.3 is 0 Å². The molecule has 0 saturated carbocycles. The molecule has 1 aromatic carbocycles. The Hall–Kier alpha value is -1.15. The number of hydrogen-bond acceptors (Lipinski definition) is 5. The van der Waals surface area contributed by atoms with E-state index < -0.39 is 10.0 Å². The second kappa shape index (κ2) is 8.03. The van der Waals surface area contributed by atoms with Crippen LogP contribution < -0.4 is 4.74 Å². The first-order chi connectivity index (χ1) is 12.0. The van der Waals surface area contributed by atoms with Gasteiger partial charge in [-0.15, -0.1) is 0 Å². The summed E-state index contributed by atoms with van der Waals surface area (Å²) in [5.74, 6) is 0.977. The average Bonchev–Trinajstić information content (AvgIpc) is 2.63. The van der Waals surface area contributed by atoms with Gasteiger partial charge in [-0.25, -0.2) is 8.42 Å². The monoisotopic (exact) mass is 368 g/mol. The SMILES string of the molecule is COc1ccc(C)cc1S(=O)(=O)N1CCC(CN2CCOCC2)CC1. The van der Waals surface area contributed by atoms with Crippen molar-refractivity contribution >= 4 is 10.0 Å². The Labute approximate surface area is 150 Å². The molecule has 2 heterocycles. The fourth-order valence-electron chi connectivity index (χ4n) is 3.61. The zero-order valence-corrected chi connectivity index (χ0v) is 15.9. The van der Waals surface area contributed by atoms with Gasteiger partial charge in [0.05, 0.1) is 20.3 Å². The van der Waals surface area contributed by atoms with Crippen molar-refractivity contribution in [3.63, 3.8) is 0 Å². The van der Waals surface area contributed by atoms with Crippen LogP contribution in [0.5, 0.6) is 5.75 Å². The van der Waals surface area contributed by atoms with Crippen LogP contribution in [-0.4, -0.2) is 70.7 Å². The van der Waals surface area contributed by atoms with Gasteiger partial charge in [0.2, 0.25) is 10.0 Å². The van der Waals surface area contributed by atoms with Crippen LogP contribution in [0.4, 0.5) is 0 Å². The van der Waals surface area contributed by atoms with E-state index in [-0.39, 0.29) is 4.90 Å². The van der Waals surface area contributed by atoms with Crippen molar-refractivity contribution in [2.45, 2.75) is 24.7 Å². The minimum Gasteiger partial charge on any atom is -0.495 e. The lowest BCUT2D eigenvalue weighted by Gasteiger charge is -2.35. The van der Waals surface area contributed by atoms with E-state index in [2.05, 4.69) is 4.90 Å². The summed E-state index contributed by atoms with van der Waals surface area (Å²) in [5.41, 5.74) is 0.918. The Morgan fingerprint density at radius 2 is 1.84 bits per heavy atom. The molecule has 0 aromatic heterocycles. The van der Waals surface area contributed by atoms with Gasteiger partial charge in [0, 0.05) is 32.7 Å². The van der Waals surface area contributed by atoms with Gasteiger partial charge in [-0.05, 0) is 43.4 Å². The number of piperidine rings is 1. The summed E-state index contributed by atoms with van der Waals surface area (Å²) in [6, 6.07) is 5.30. The van der Waals surface area contributed by atoms with E-state index >= 15 is 0 Å². The summed E-state index contributed by atoms with van der Waals surface area (Å²) in [6.07, 6.45) is 1.81. The lowest BCUT2D eigenvalue weighted by molar-refractivity contribution is 0.0269. The molecule has 7 heteroatoms. The highest BCUT2D eigenvalue weighted by molar-refractivity contribution is 7.89. The van der Waals surface area contributed by atoms with E-state index in [4.69, 9.17) is 9.47 Å². The Bertz CT molecular complexity index is 678. The Kier molecular flexibility index (Phi) is 5.99. The first kappa shape index (κ1) is 18.6. The molecule has 6 nitrogen and oxygen atoms in total. The predicted molar refractivity (Wildman–Crippen MR) is 96.5 cm³/mol. The molecule has 2 aliphatic rings. The minimum absolute atomic E-state index is 0.279. The van der Waals surface area contributed by atoms with Crippen LogP contribution in [-0.2, 0) is 14.8 Å². The third-order valence-corrected chi connectivity index (χ3v) is 7.05. The number of ether oxygens (including phenoxy) is 2. The number of sulfonamides is 1. The smallest absolute Gasteiger partial charge is 0.246 e. The van der Waals surface area contributed by atoms with Crippen LogP contribution in [0.15, 0.2) is 23.1 Å². The molecule has 140 valence electrons. The maximum absolute atomic E-state index is 13.0. The molecule has 0 N–H and O–H groups in total. The Balaban J connectivity index is 1.64. The van der Waals surface area contributed by atoms with Gasteiger partial charge in [-0.1, -0.05) is 6.07 Å². The Morgan fingerprint density at radius 1 is 1.16 bits per heavy atom. The summed E-state index contributed by atoms with van der Waals surface area (Å²) < 4.78 is 38.3. The second-order valence-electron chi connectivity index (χ2n) is 6.91. The molecule has 25 heavy (non-hydrogen) atoms. The van der Waals surface area contributed by atoms with Gasteiger partial charge in [-0.2, -0.15) is 4.31 Å². The quantitative estimate of drug-likeness (QED) is 0.792. The van der Waals surface area contributed by atoms with Crippen molar-refractivity contribution in [3.05, 3.63) is 23.8 Å². The minimum atomic E-state index is -3.51. The van der Waals surface area contributed by atoms with Gasteiger partial charge in [0.15, 0.2) is 0 Å². The highest BCUT2D eigenvalue weighted by Crippen LogP contribution is 2.30. The summed E-state index contributed by atoms with van der Waals surface area (Å²) in [7, 11) is -2.00. The molecule has 0 unspecified atom stereocenters. The van der Waals surface area contributed by atoms with E-state index in [0.717, 1.165) is 51.3 Å². The number of morpholine rings is 1. The molecular weight excluding hydrogens is 340 g/mol. The van der Waals surface area contributed by atoms with Gasteiger partial charge in [0.1, 0.15) is 10.6 Å². The highest BCUT2D eigenvalue weighted by atomic mass is 32.2. The molecule has 1 aromatic rings. The van der Waals surface area contributed by atoms with Crippen LogP contribution in [0.1, 0.15) is 18.4 Å². The van der Waals surface area contributed by atoms with Crippen molar-refractivity contribution in [3.8, 4) is 5.75 Å². The molecule has 2 aliphatic heterocycles. The lowest BCUT2D eigenvalue weighted by Crippen LogP contribution is -2.44. The summed E-state index contributed by atoms with van der Waals surface area (Å²) in [6.45, 7) is 7.68. The maximum atomic E-state index is 13.0. The number of hydrogen-bond donors (Lipinski definition) is 0. The van der Waals surface area contributed by atoms with E-state index in [1.807, 2.05) is 13.0 Å². The van der Waals surface area contributed by atoms with Crippen LogP contribution >= 0.6 is 0 Å². The molecule has 0 radical (unpaired) electrons. The third kappa shape index (κ3) is 4.34. The summed E-state index contributed by atoms with van der Waals surface area (Å²) in [4.78, 5) is 2.71. The van der Waals surface area contributed by atoms with Gasteiger partial charge in [-0.3, -0.25) is 4.90 Å². The second-order valence-corrected chi connectivity index (χ2v) is 8.82. The zero-order valence-electron chi connectivity index (χ0n) is 15.1. The lowest BCUT2D eigenvalue weighted by atomic mass is 9.97. The van der Waals surface area contributed by atoms with Crippen LogP contribution in [0.2, 0.25) is 0 Å². The van der Waals surface area contributed by atoms with Crippen molar-refractivity contribution in [2.75, 3.05) is 53.0 Å². The number of rotatable bonds is 5. The van der Waals surface area contributed by atoms with Crippen molar-refractivity contribution in [1.82, 2.24) is 9.21 Å². The maximum Gasteiger partial charge on any atom is 0.246 e. The third-order valence-electron chi connectivity index (χ3n) is 5.13. The number of methoxy groups -OCH3 is 1. The molecule has 0 amide bonds. The topological polar surface area (TPSA) is 59.1 Å². The molecular formula is C18H28N2O4S. The van der Waals surface area contributed by atoms with Crippen LogP contribution in [0, 0.1) is 12.8 Å². The fourth-order valence-corrected chi connectivity index (χ4v) is 5.32. The first-order valence-corrected chi connectivity index (χ1v) is 10.4. The largest absolute Gasteiger partial charge is 0.495 e. The average molecular weight is 368 g/mol. The standard InChI is InChI=1S/C18H28N2O4S/c1-15-3-4-17(23-2)18(13-15)25(21,22)20-7-5-16(6-8-20)14-19-9-11-24-12-10-19/h3-4,13,16H,5-12,14H2,1-2H3. The van der Waals surface area contributed by atoms with Gasteiger partial charge < -0.3 is 9.47 Å². The summed E-state index contributed by atoms with van der Waals surface area (Å²) in [5, 5.41) is 0. The number of benzene rings is 1. The van der Waals surface area contributed by atoms with Crippen LogP contribution in [0.3, 0.4) is 0 Å². The normalized spacial score (nSPS) is 21.4. The zero-order chi connectivity index (χ0) is 17.9. The van der Waals surface area contributed by atoms with Crippen molar-refractivity contribution < 1.29 is 17.9 Å². The highest BCUT2D eigenvalue weighted by Gasteiger charge is 2.32. The fraction of sp³-hybridized carbons (Fsp3) is 0.667. The molecule has 0 bridgehead atoms. The molecule has 2 fully saturated rings. The van der Waals surface area contributed by atoms with Gasteiger partial charge in [0.25, 0.3) is 0 Å². The van der Waals surface area contributed by atoms with E-state index in [0.29, 0.717) is 24.8 Å². The van der Waals surface area contributed by atoms with Crippen LogP contribution in [0.25, 0.3) is 0 Å². The molecule has 0 atom stereocenters. The summed E-state index contributed by atoms with van der Waals surface area (Å²) >= 11 is 0. The molecule has 0 spiro atoms. The Morgan fingerprint density at radius 3 is 2.48 bits per heavy atom. The van der Waals surface area contributed by atoms with E-state index in [9.17, 15) is 8.42 Å². The van der Waals surface area contributed by atoms with E-state index in [1.54, 1.807) is 16.4 Å². The first-order valence-electron chi connectivity index (χ1n) is 8.95. The molecule has 3 rings (SSSR count). The van der Waals surface area contributed by atoms with E-state index in [1.165, 1.54) is 7.11 Å². The predicted octanol–water partition coefficient (Wildman–Crippen LogP) is 1.74. The molecule has 0 aliphatic carbocycles. The van der Waals surface area contributed by atoms with Crippen molar-refractivity contribution in [1.29, 1.82) is 0 Å². The molecule has 2 saturated heterocycles. The number of nitrogens with zero attached hydrogens (tertiary/aromatic N) is 2. The number of aryl methyl sites for hydroxylation is 1.